The van der Waals surface area contributed by atoms with Crippen LogP contribution in [0.25, 0.3) is 0 Å². The molecule has 0 aromatic carbocycles. The molecule has 0 radical (unpaired) electrons. The van der Waals surface area contributed by atoms with Crippen LogP contribution in [0.2, 0.25) is 0 Å². The summed E-state index contributed by atoms with van der Waals surface area (Å²) in [5.41, 5.74) is 2.16. The van der Waals surface area contributed by atoms with Crippen LogP contribution in [0.5, 0.6) is 0 Å². The van der Waals surface area contributed by atoms with E-state index in [0.717, 1.165) is 11.1 Å². The summed E-state index contributed by atoms with van der Waals surface area (Å²) < 4.78 is 35.3. The van der Waals surface area contributed by atoms with Crippen molar-refractivity contribution in [3.63, 3.8) is 0 Å². The van der Waals surface area contributed by atoms with Crippen LogP contribution >= 0.6 is 11.3 Å². The van der Waals surface area contributed by atoms with Crippen LogP contribution in [0.4, 0.5) is 13.2 Å². The van der Waals surface area contributed by atoms with E-state index in [-0.39, 0.29) is 6.54 Å². The smallest absolute Gasteiger partial charge is 0.346 e. The van der Waals surface area contributed by atoms with E-state index in [1.165, 1.54) is 0 Å². The van der Waals surface area contributed by atoms with Crippen molar-refractivity contribution < 1.29 is 18.0 Å². The predicted molar refractivity (Wildman–Crippen MR) is 59.8 cm³/mol. The molecule has 0 fully saturated rings. The third kappa shape index (κ3) is 5.69. The van der Waals surface area contributed by atoms with E-state index in [0.29, 0.717) is 6.54 Å². The molecule has 1 heterocycles. The molecule has 0 aliphatic rings. The zero-order valence-electron chi connectivity index (χ0n) is 9.23. The third-order valence-electron chi connectivity index (χ3n) is 2.05. The summed E-state index contributed by atoms with van der Waals surface area (Å²) in [5, 5.41) is 8.50. The fraction of sp³-hybridized carbons (Fsp3) is 0.500. The summed E-state index contributed by atoms with van der Waals surface area (Å²) in [6.07, 6.45) is -4.36. The first-order chi connectivity index (χ1) is 7.88. The molecule has 0 atom stereocenters. The highest BCUT2D eigenvalue weighted by Crippen LogP contribution is 2.13. The molecule has 0 unspecified atom stereocenters. The summed E-state index contributed by atoms with van der Waals surface area (Å²) in [6.45, 7) is 1.02. The summed E-state index contributed by atoms with van der Waals surface area (Å²) in [6, 6.07) is 0. The van der Waals surface area contributed by atoms with Crippen molar-refractivity contribution in [2.45, 2.75) is 19.6 Å². The topological polar surface area (TPSA) is 41.1 Å². The predicted octanol–water partition coefficient (Wildman–Crippen LogP) is 1.82. The Balaban J connectivity index is 2.19. The van der Waals surface area contributed by atoms with Gasteiger partial charge in [-0.05, 0) is 28.8 Å². The Morgan fingerprint density at radius 3 is 2.65 bits per heavy atom. The molecule has 1 amide bonds. The molecule has 0 spiro atoms. The number of nitrogens with one attached hydrogen (secondary N) is 2. The van der Waals surface area contributed by atoms with Crippen molar-refractivity contribution in [2.75, 3.05) is 13.1 Å². The molecular weight excluding hydrogens is 253 g/mol. The molecular formula is C10H13F3N2OS. The highest BCUT2D eigenvalue weighted by molar-refractivity contribution is 7.08. The molecule has 3 nitrogen and oxygen atoms in total. The zero-order valence-corrected chi connectivity index (χ0v) is 10.0. The van der Waals surface area contributed by atoms with Gasteiger partial charge in [-0.25, -0.2) is 0 Å². The Morgan fingerprint density at radius 1 is 1.41 bits per heavy atom. The van der Waals surface area contributed by atoms with Gasteiger partial charge in [0.2, 0.25) is 5.91 Å². The Hall–Kier alpha value is -1.08. The lowest BCUT2D eigenvalue weighted by atomic mass is 10.2. The Morgan fingerprint density at radius 2 is 2.12 bits per heavy atom. The normalized spacial score (nSPS) is 11.5. The van der Waals surface area contributed by atoms with Crippen molar-refractivity contribution in [2.24, 2.45) is 0 Å². The standard InChI is InChI=1S/C10H13F3N2OS/c1-7-4-17-5-8(7)2-14-3-9(16)15-6-10(11,12)13/h4-5,14H,2-3,6H2,1H3,(H,15,16). The van der Waals surface area contributed by atoms with Crippen LogP contribution in [0.1, 0.15) is 11.1 Å². The third-order valence-corrected chi connectivity index (χ3v) is 2.96. The number of hydrogen-bond acceptors (Lipinski definition) is 3. The van der Waals surface area contributed by atoms with Gasteiger partial charge in [0.25, 0.3) is 0 Å². The molecule has 0 saturated heterocycles. The van der Waals surface area contributed by atoms with Gasteiger partial charge < -0.3 is 10.6 Å². The van der Waals surface area contributed by atoms with Gasteiger partial charge in [-0.2, -0.15) is 24.5 Å². The molecule has 17 heavy (non-hydrogen) atoms. The molecule has 1 aromatic heterocycles. The number of hydrogen-bond donors (Lipinski definition) is 2. The number of carbonyl (C=O) groups is 1. The first-order valence-corrected chi connectivity index (χ1v) is 5.88. The summed E-state index contributed by atoms with van der Waals surface area (Å²) in [4.78, 5) is 11.0. The maximum absolute atomic E-state index is 11.8. The minimum Gasteiger partial charge on any atom is -0.346 e. The van der Waals surface area contributed by atoms with Gasteiger partial charge in [0.1, 0.15) is 6.54 Å². The number of rotatable bonds is 5. The van der Waals surface area contributed by atoms with Crippen LogP contribution in [0, 0.1) is 6.92 Å². The molecule has 1 rings (SSSR count). The van der Waals surface area contributed by atoms with Crippen molar-refractivity contribution in [1.82, 2.24) is 10.6 Å². The van der Waals surface area contributed by atoms with Crippen LogP contribution in [0.15, 0.2) is 10.8 Å². The lowest BCUT2D eigenvalue weighted by Crippen LogP contribution is -2.39. The first-order valence-electron chi connectivity index (χ1n) is 4.94. The molecule has 0 aliphatic heterocycles. The lowest BCUT2D eigenvalue weighted by Gasteiger charge is -2.08. The Kier molecular flexibility index (Phi) is 4.95. The highest BCUT2D eigenvalue weighted by Gasteiger charge is 2.27. The van der Waals surface area contributed by atoms with Crippen molar-refractivity contribution >= 4 is 17.2 Å². The minimum atomic E-state index is -4.36. The largest absolute Gasteiger partial charge is 0.405 e. The van der Waals surface area contributed by atoms with Crippen LogP contribution in [0.3, 0.4) is 0 Å². The zero-order chi connectivity index (χ0) is 12.9. The van der Waals surface area contributed by atoms with E-state index in [4.69, 9.17) is 0 Å². The lowest BCUT2D eigenvalue weighted by molar-refractivity contribution is -0.137. The number of halogens is 3. The van der Waals surface area contributed by atoms with E-state index < -0.39 is 18.6 Å². The average Bonchev–Trinajstić information content (AvgIpc) is 2.61. The number of thiophene rings is 1. The molecule has 1 aromatic rings. The molecule has 0 saturated carbocycles. The summed E-state index contributed by atoms with van der Waals surface area (Å²) in [5.74, 6) is -0.657. The van der Waals surface area contributed by atoms with E-state index in [1.807, 2.05) is 17.7 Å². The number of amides is 1. The molecule has 2 N–H and O–H groups in total. The van der Waals surface area contributed by atoms with Crippen LogP contribution in [-0.2, 0) is 11.3 Å². The van der Waals surface area contributed by atoms with E-state index in [9.17, 15) is 18.0 Å². The Bertz CT molecular complexity index is 376. The van der Waals surface area contributed by atoms with Gasteiger partial charge >= 0.3 is 6.18 Å². The second-order valence-electron chi connectivity index (χ2n) is 3.58. The van der Waals surface area contributed by atoms with Crippen LogP contribution < -0.4 is 10.6 Å². The monoisotopic (exact) mass is 266 g/mol. The minimum absolute atomic E-state index is 0.120. The first kappa shape index (κ1) is 14.0. The maximum atomic E-state index is 11.8. The van der Waals surface area contributed by atoms with Gasteiger partial charge in [0, 0.05) is 6.54 Å². The average molecular weight is 266 g/mol. The van der Waals surface area contributed by atoms with Gasteiger partial charge in [-0.15, -0.1) is 0 Å². The van der Waals surface area contributed by atoms with Gasteiger partial charge in [0.05, 0.1) is 6.54 Å². The Labute approximate surface area is 101 Å². The molecule has 0 bridgehead atoms. The van der Waals surface area contributed by atoms with E-state index in [2.05, 4.69) is 5.32 Å². The second kappa shape index (κ2) is 6.02. The van der Waals surface area contributed by atoms with Gasteiger partial charge in [-0.3, -0.25) is 4.79 Å². The maximum Gasteiger partial charge on any atom is 0.405 e. The molecule has 96 valence electrons. The van der Waals surface area contributed by atoms with Crippen molar-refractivity contribution in [1.29, 1.82) is 0 Å². The molecule has 7 heteroatoms. The second-order valence-corrected chi connectivity index (χ2v) is 4.32. The fourth-order valence-electron chi connectivity index (χ4n) is 1.14. The number of aryl methyl sites for hydroxylation is 1. The van der Waals surface area contributed by atoms with Crippen molar-refractivity contribution in [3.05, 3.63) is 21.9 Å². The van der Waals surface area contributed by atoms with Crippen LogP contribution in [-0.4, -0.2) is 25.2 Å². The fourth-order valence-corrected chi connectivity index (χ4v) is 2.00. The summed E-state index contributed by atoms with van der Waals surface area (Å²) in [7, 11) is 0. The molecule has 0 aliphatic carbocycles. The number of alkyl halides is 3. The SMILES string of the molecule is Cc1cscc1CNCC(=O)NCC(F)(F)F. The van der Waals surface area contributed by atoms with Crippen molar-refractivity contribution in [3.8, 4) is 0 Å². The highest BCUT2D eigenvalue weighted by atomic mass is 32.1. The van der Waals surface area contributed by atoms with Gasteiger partial charge in [0.15, 0.2) is 0 Å². The quantitative estimate of drug-likeness (QED) is 0.853. The van der Waals surface area contributed by atoms with E-state index in [1.54, 1.807) is 16.7 Å². The van der Waals surface area contributed by atoms with E-state index >= 15 is 0 Å². The van der Waals surface area contributed by atoms with Gasteiger partial charge in [-0.1, -0.05) is 0 Å². The summed E-state index contributed by atoms with van der Waals surface area (Å²) >= 11 is 1.55. The number of carbonyl (C=O) groups excluding carboxylic acids is 1.